The average Bonchev–Trinajstić information content (AvgIpc) is 3.08. The van der Waals surface area contributed by atoms with Gasteiger partial charge in [-0.05, 0) is 58.2 Å². The maximum absolute atomic E-state index is 2.55. The molecule has 0 radical (unpaired) electrons. The van der Waals surface area contributed by atoms with Crippen LogP contribution in [-0.2, 0) is 12.8 Å². The third-order valence-corrected chi connectivity index (χ3v) is 7.29. The summed E-state index contributed by atoms with van der Waals surface area (Å²) in [5.41, 5.74) is 14.9. The van der Waals surface area contributed by atoms with Gasteiger partial charge in [-0.25, -0.2) is 0 Å². The molecular weight excluding hydrogens is 337 g/mol. The first-order valence-electron chi connectivity index (χ1n) is 10.2. The number of fused-ring (bicyclic) bond motifs is 4. The van der Waals surface area contributed by atoms with E-state index in [9.17, 15) is 0 Å². The van der Waals surface area contributed by atoms with Crippen molar-refractivity contribution in [3.05, 3.63) is 95.1 Å². The van der Waals surface area contributed by atoms with Gasteiger partial charge in [-0.2, -0.15) is 0 Å². The summed E-state index contributed by atoms with van der Waals surface area (Å²) in [4.78, 5) is 0. The van der Waals surface area contributed by atoms with Crippen molar-refractivity contribution in [3.8, 4) is 5.69 Å². The van der Waals surface area contributed by atoms with Crippen LogP contribution in [-0.4, -0.2) is 11.3 Å². The molecule has 1 nitrogen and oxygen atoms in total. The van der Waals surface area contributed by atoms with Gasteiger partial charge in [-0.15, -0.1) is 0 Å². The van der Waals surface area contributed by atoms with Crippen LogP contribution in [0.4, 0.5) is 0 Å². The van der Waals surface area contributed by atoms with Gasteiger partial charge in [0.25, 0.3) is 0 Å². The average molecular weight is 353 g/mol. The lowest BCUT2D eigenvalue weighted by Gasteiger charge is -2.38. The van der Waals surface area contributed by atoms with Gasteiger partial charge in [0.2, 0.25) is 6.71 Å². The summed E-state index contributed by atoms with van der Waals surface area (Å²) >= 11 is 0. The normalized spacial score (nSPS) is 14.8. The zero-order valence-electron chi connectivity index (χ0n) is 15.4. The Morgan fingerprint density at radius 1 is 0.571 bits per heavy atom. The predicted octanol–water partition coefficient (Wildman–Crippen LogP) is 3.42. The molecule has 4 aromatic carbocycles. The van der Waals surface area contributed by atoms with E-state index in [1.54, 1.807) is 16.4 Å². The first-order chi connectivity index (χ1) is 13.9. The van der Waals surface area contributed by atoms with Gasteiger partial charge in [0.15, 0.2) is 0 Å². The van der Waals surface area contributed by atoms with Gasteiger partial charge in [0, 0.05) is 22.0 Å². The van der Waals surface area contributed by atoms with Crippen molar-refractivity contribution in [1.82, 2.24) is 4.57 Å². The standard InChI is InChI=1S/C26H16BN/c1-2-9-21-19(8-1)20-12-11-18-14-16-6-3-5-15-13-17-7-4-10-22-24(17)27(23(15)16)25(18)26(20)28(21)22/h1-12H,13-14H2. The highest BCUT2D eigenvalue weighted by molar-refractivity contribution is 6.99. The fourth-order valence-corrected chi connectivity index (χ4v) is 6.32. The third kappa shape index (κ3) is 1.37. The minimum absolute atomic E-state index is 0.399. The van der Waals surface area contributed by atoms with E-state index in [0.29, 0.717) is 6.71 Å². The van der Waals surface area contributed by atoms with E-state index in [1.807, 2.05) is 0 Å². The number of benzene rings is 4. The molecule has 1 aromatic heterocycles. The molecule has 0 unspecified atom stereocenters. The minimum Gasteiger partial charge on any atom is -0.310 e. The van der Waals surface area contributed by atoms with E-state index in [4.69, 9.17) is 0 Å². The highest BCUT2D eigenvalue weighted by Crippen LogP contribution is 2.37. The van der Waals surface area contributed by atoms with Gasteiger partial charge >= 0.3 is 0 Å². The number of nitrogens with zero attached hydrogens (tertiary/aromatic N) is 1. The molecule has 0 bridgehead atoms. The SMILES string of the molecule is c1cc2c3c(c1)Cc1ccc4c5ccccc5n5c4c1B3c1c(cccc1-5)C2. The maximum Gasteiger partial charge on any atom is 0.248 e. The van der Waals surface area contributed by atoms with E-state index in [1.165, 1.54) is 49.7 Å². The van der Waals surface area contributed by atoms with Crippen molar-refractivity contribution in [1.29, 1.82) is 0 Å². The molecule has 0 saturated carbocycles. The molecule has 28 heavy (non-hydrogen) atoms. The second-order valence-electron chi connectivity index (χ2n) is 8.51. The molecule has 4 heterocycles. The van der Waals surface area contributed by atoms with Crippen LogP contribution in [0.2, 0.25) is 0 Å². The van der Waals surface area contributed by atoms with Gasteiger partial charge in [-0.3, -0.25) is 0 Å². The van der Waals surface area contributed by atoms with Crippen molar-refractivity contribution in [3.63, 3.8) is 0 Å². The molecular formula is C26H16BN. The summed E-state index contributed by atoms with van der Waals surface area (Å²) in [5.74, 6) is 0. The van der Waals surface area contributed by atoms with E-state index >= 15 is 0 Å². The number of hydrogen-bond acceptors (Lipinski definition) is 0. The Morgan fingerprint density at radius 3 is 2.14 bits per heavy atom. The largest absolute Gasteiger partial charge is 0.310 e. The van der Waals surface area contributed by atoms with Crippen molar-refractivity contribution in [2.75, 3.05) is 0 Å². The number of rotatable bonds is 0. The topological polar surface area (TPSA) is 4.93 Å². The van der Waals surface area contributed by atoms with E-state index in [-0.39, 0.29) is 0 Å². The molecule has 0 N–H and O–H groups in total. The molecule has 3 aliphatic heterocycles. The van der Waals surface area contributed by atoms with Gasteiger partial charge in [-0.1, -0.05) is 66.1 Å². The van der Waals surface area contributed by atoms with Crippen molar-refractivity contribution in [2.45, 2.75) is 12.8 Å². The fourth-order valence-electron chi connectivity index (χ4n) is 6.32. The van der Waals surface area contributed by atoms with Crippen LogP contribution in [0.3, 0.4) is 0 Å². The molecule has 0 fully saturated rings. The number of hydrogen-bond donors (Lipinski definition) is 0. The molecule has 5 aromatic rings. The zero-order chi connectivity index (χ0) is 18.0. The van der Waals surface area contributed by atoms with E-state index in [0.717, 1.165) is 12.8 Å². The molecule has 128 valence electrons. The molecule has 0 aliphatic carbocycles. The van der Waals surface area contributed by atoms with Crippen LogP contribution in [0, 0.1) is 0 Å². The molecule has 0 saturated heterocycles. The second kappa shape index (κ2) is 4.42. The highest BCUT2D eigenvalue weighted by atomic mass is 15.0. The molecule has 2 heteroatoms. The molecule has 0 spiro atoms. The van der Waals surface area contributed by atoms with Crippen LogP contribution >= 0.6 is 0 Å². The van der Waals surface area contributed by atoms with Crippen LogP contribution < -0.4 is 16.4 Å². The Hall–Kier alpha value is -3.26. The van der Waals surface area contributed by atoms with E-state index in [2.05, 4.69) is 77.4 Å². The monoisotopic (exact) mass is 353 g/mol. The Kier molecular flexibility index (Phi) is 2.18. The van der Waals surface area contributed by atoms with Crippen LogP contribution in [0.5, 0.6) is 0 Å². The van der Waals surface area contributed by atoms with Crippen LogP contribution in [0.25, 0.3) is 27.5 Å². The first kappa shape index (κ1) is 13.8. The van der Waals surface area contributed by atoms with Gasteiger partial charge < -0.3 is 4.57 Å². The highest BCUT2D eigenvalue weighted by Gasteiger charge is 2.42. The Balaban J connectivity index is 1.70. The second-order valence-corrected chi connectivity index (χ2v) is 8.51. The summed E-state index contributed by atoms with van der Waals surface area (Å²) in [6.45, 7) is 0.399. The lowest BCUT2D eigenvalue weighted by Crippen LogP contribution is -2.63. The zero-order valence-corrected chi connectivity index (χ0v) is 15.4. The summed E-state index contributed by atoms with van der Waals surface area (Å²) in [7, 11) is 0. The lowest BCUT2D eigenvalue weighted by atomic mass is 9.29. The third-order valence-electron chi connectivity index (χ3n) is 7.29. The maximum atomic E-state index is 2.55. The fraction of sp³-hybridized carbons (Fsp3) is 0.0769. The first-order valence-corrected chi connectivity index (χ1v) is 10.2. The molecule has 8 rings (SSSR count). The molecule has 3 aliphatic rings. The molecule has 0 amide bonds. The minimum atomic E-state index is 0.399. The predicted molar refractivity (Wildman–Crippen MR) is 117 cm³/mol. The molecule has 0 atom stereocenters. The summed E-state index contributed by atoms with van der Waals surface area (Å²) in [6, 6.07) is 27.6. The quantitative estimate of drug-likeness (QED) is 0.368. The summed E-state index contributed by atoms with van der Waals surface area (Å²) in [6.07, 6.45) is 2.12. The summed E-state index contributed by atoms with van der Waals surface area (Å²) in [5, 5.41) is 2.77. The van der Waals surface area contributed by atoms with Gasteiger partial charge in [0.1, 0.15) is 0 Å². The Labute approximate surface area is 163 Å². The van der Waals surface area contributed by atoms with Crippen molar-refractivity contribution >= 4 is 44.9 Å². The van der Waals surface area contributed by atoms with Crippen LogP contribution in [0.15, 0.2) is 72.8 Å². The van der Waals surface area contributed by atoms with Gasteiger partial charge in [0.05, 0.1) is 5.52 Å². The van der Waals surface area contributed by atoms with Crippen molar-refractivity contribution in [2.24, 2.45) is 0 Å². The smallest absolute Gasteiger partial charge is 0.248 e. The summed E-state index contributed by atoms with van der Waals surface area (Å²) < 4.78 is 2.55. The number of aromatic nitrogens is 1. The van der Waals surface area contributed by atoms with E-state index < -0.39 is 0 Å². The number of para-hydroxylation sites is 1. The van der Waals surface area contributed by atoms with Crippen LogP contribution in [0.1, 0.15) is 22.3 Å². The Bertz CT molecular complexity index is 1510. The van der Waals surface area contributed by atoms with Crippen molar-refractivity contribution < 1.29 is 0 Å². The lowest BCUT2D eigenvalue weighted by molar-refractivity contribution is 1.11. The Morgan fingerprint density at radius 2 is 1.29 bits per heavy atom.